The lowest BCUT2D eigenvalue weighted by molar-refractivity contribution is -0.294. The van der Waals surface area contributed by atoms with Gasteiger partial charge in [-0.3, -0.25) is 19.2 Å². The zero-order chi connectivity index (χ0) is 50.3. The Morgan fingerprint density at radius 2 is 1.25 bits per heavy atom. The summed E-state index contributed by atoms with van der Waals surface area (Å²) in [4.78, 5) is 59.3. The van der Waals surface area contributed by atoms with Crippen LogP contribution in [0.15, 0.2) is 60.4 Å². The molecule has 3 aliphatic rings. The third kappa shape index (κ3) is 12.4. The van der Waals surface area contributed by atoms with E-state index in [0.717, 1.165) is 18.2 Å². The third-order valence-electron chi connectivity index (χ3n) is 10.5. The van der Waals surface area contributed by atoms with Gasteiger partial charge in [-0.15, -0.1) is 0 Å². The van der Waals surface area contributed by atoms with Crippen LogP contribution in [0.25, 0.3) is 12.2 Å². The standard InChI is InChI=1S/C44H46O25/c1-60-25-9-19(10-26(61-2)35(25)54)41-27(66-43-39(58)37(56)36(55)28(67-43)16-62-32(51)8-5-18-3-6-20(45)7-4-18)13-22-23(64-41)11-21(46)12-24(22)65-44-40(59)38(57)42(69-34(53)15-31(49)50)29(68-44)17-63-33(52)14-30(47)48/h3-13,28-29,36-46,54-59H,14-17H2,1-2H3,(H,47,48)(H,49,50). The zero-order valence-electron chi connectivity index (χ0n) is 36.1. The Morgan fingerprint density at radius 3 is 1.88 bits per heavy atom. The highest BCUT2D eigenvalue weighted by Crippen LogP contribution is 2.48. The fraction of sp³-hybridized carbons (Fsp3) is 0.386. The number of phenolic OH excluding ortho intramolecular Hbond substituents is 3. The van der Waals surface area contributed by atoms with Crippen molar-refractivity contribution in [1.82, 2.24) is 0 Å². The number of methoxy groups -OCH3 is 2. The van der Waals surface area contributed by atoms with Gasteiger partial charge in [0.15, 0.2) is 23.7 Å². The molecule has 10 N–H and O–H groups in total. The van der Waals surface area contributed by atoms with E-state index in [4.69, 9.17) is 57.6 Å². The Bertz CT molecular complexity index is 2410. The predicted octanol–water partition coefficient (Wildman–Crippen LogP) is -0.394. The number of carboxylic acids is 2. The number of aliphatic carboxylic acids is 2. The number of carbonyl (C=O) groups excluding carboxylic acids is 3. The molecule has 3 aromatic carbocycles. The maximum atomic E-state index is 12.6. The molecule has 11 atom stereocenters. The van der Waals surface area contributed by atoms with Crippen LogP contribution in [0.4, 0.5) is 0 Å². The second kappa shape index (κ2) is 22.1. The maximum absolute atomic E-state index is 12.6. The Morgan fingerprint density at radius 1 is 0.652 bits per heavy atom. The van der Waals surface area contributed by atoms with Gasteiger partial charge in [0.1, 0.15) is 97.5 Å². The van der Waals surface area contributed by atoms with Gasteiger partial charge in [0, 0.05) is 23.8 Å². The normalized spacial score (nSPS) is 26.3. The molecule has 0 bridgehead atoms. The van der Waals surface area contributed by atoms with Crippen LogP contribution in [0.1, 0.15) is 35.6 Å². The van der Waals surface area contributed by atoms with Crippen LogP contribution in [0.2, 0.25) is 0 Å². The number of fused-ring (bicyclic) bond motifs is 1. The number of phenols is 3. The Balaban J connectivity index is 1.33. The maximum Gasteiger partial charge on any atom is 0.330 e. The molecule has 372 valence electrons. The topological polar surface area (TPSA) is 380 Å². The summed E-state index contributed by atoms with van der Waals surface area (Å²) in [5.74, 6) is -8.88. The third-order valence-corrected chi connectivity index (χ3v) is 10.5. The molecular weight excluding hydrogens is 928 g/mol. The van der Waals surface area contributed by atoms with E-state index in [9.17, 15) is 64.8 Å². The van der Waals surface area contributed by atoms with E-state index in [-0.39, 0.29) is 39.9 Å². The minimum absolute atomic E-state index is 0.000794. The van der Waals surface area contributed by atoms with Crippen molar-refractivity contribution in [2.75, 3.05) is 27.4 Å². The van der Waals surface area contributed by atoms with Gasteiger partial charge < -0.3 is 98.4 Å². The minimum Gasteiger partial charge on any atom is -0.508 e. The number of aliphatic hydroxyl groups is 5. The van der Waals surface area contributed by atoms with Crippen LogP contribution in [0.5, 0.6) is 40.2 Å². The van der Waals surface area contributed by atoms with Crippen molar-refractivity contribution in [2.24, 2.45) is 0 Å². The first-order valence-corrected chi connectivity index (χ1v) is 20.4. The Labute approximate surface area is 389 Å². The molecule has 0 radical (unpaired) electrons. The Hall–Kier alpha value is -7.39. The van der Waals surface area contributed by atoms with Gasteiger partial charge >= 0.3 is 29.8 Å². The number of rotatable bonds is 18. The molecule has 2 fully saturated rings. The summed E-state index contributed by atoms with van der Waals surface area (Å²) in [7, 11) is 2.48. The van der Waals surface area contributed by atoms with Gasteiger partial charge in [-0.1, -0.05) is 12.1 Å². The molecule has 0 amide bonds. The highest BCUT2D eigenvalue weighted by Gasteiger charge is 2.50. The second-order valence-corrected chi connectivity index (χ2v) is 15.3. The van der Waals surface area contributed by atoms with Crippen LogP contribution in [-0.4, -0.2) is 170 Å². The summed E-state index contributed by atoms with van der Waals surface area (Å²) in [6.45, 7) is -1.61. The minimum atomic E-state index is -2.15. The van der Waals surface area contributed by atoms with Gasteiger partial charge in [-0.2, -0.15) is 0 Å². The number of aliphatic hydroxyl groups excluding tert-OH is 5. The number of carbonyl (C=O) groups is 5. The fourth-order valence-corrected chi connectivity index (χ4v) is 7.04. The number of benzene rings is 3. The highest BCUT2D eigenvalue weighted by atomic mass is 16.7. The van der Waals surface area contributed by atoms with Gasteiger partial charge in [-0.25, -0.2) is 4.79 Å². The van der Waals surface area contributed by atoms with Crippen LogP contribution < -0.4 is 18.9 Å². The highest BCUT2D eigenvalue weighted by molar-refractivity contribution is 5.90. The molecule has 2 saturated heterocycles. The number of esters is 3. The quantitative estimate of drug-likeness (QED) is 0.0336. The van der Waals surface area contributed by atoms with Gasteiger partial charge in [0.25, 0.3) is 0 Å². The first-order valence-electron chi connectivity index (χ1n) is 20.4. The average Bonchev–Trinajstić information content (AvgIpc) is 3.30. The van der Waals surface area contributed by atoms with E-state index in [1.807, 2.05) is 0 Å². The van der Waals surface area contributed by atoms with E-state index < -0.39 is 141 Å². The van der Waals surface area contributed by atoms with Crippen LogP contribution in [0, 0.1) is 0 Å². The summed E-state index contributed by atoms with van der Waals surface area (Å²) in [5, 5.41) is 104. The van der Waals surface area contributed by atoms with Gasteiger partial charge in [0.2, 0.25) is 18.3 Å². The molecule has 11 unspecified atom stereocenters. The Kier molecular flexibility index (Phi) is 16.4. The lowest BCUT2D eigenvalue weighted by atomic mass is 9.98. The molecular formula is C44H46O25. The lowest BCUT2D eigenvalue weighted by Crippen LogP contribution is -2.61. The number of ether oxygens (including phenoxy) is 10. The van der Waals surface area contributed by atoms with Crippen molar-refractivity contribution in [1.29, 1.82) is 0 Å². The molecule has 6 rings (SSSR count). The molecule has 3 aromatic rings. The molecule has 25 heteroatoms. The molecule has 25 nitrogen and oxygen atoms in total. The van der Waals surface area contributed by atoms with Crippen molar-refractivity contribution in [3.63, 3.8) is 0 Å². The first-order chi connectivity index (χ1) is 32.8. The molecule has 0 saturated carbocycles. The van der Waals surface area contributed by atoms with Crippen LogP contribution in [-0.2, 0) is 52.4 Å². The smallest absolute Gasteiger partial charge is 0.330 e. The summed E-state index contributed by atoms with van der Waals surface area (Å²) in [6.07, 6.45) is -19.3. The van der Waals surface area contributed by atoms with Crippen molar-refractivity contribution >= 4 is 42.0 Å². The van der Waals surface area contributed by atoms with Crippen LogP contribution in [0.3, 0.4) is 0 Å². The molecule has 69 heavy (non-hydrogen) atoms. The molecule has 3 heterocycles. The van der Waals surface area contributed by atoms with Crippen LogP contribution >= 0.6 is 0 Å². The number of hydrogen-bond acceptors (Lipinski definition) is 23. The van der Waals surface area contributed by atoms with Gasteiger partial charge in [0.05, 0.1) is 19.8 Å². The lowest BCUT2D eigenvalue weighted by Gasteiger charge is -2.42. The molecule has 0 aromatic heterocycles. The first kappa shape index (κ1) is 51.0. The largest absolute Gasteiger partial charge is 0.508 e. The monoisotopic (exact) mass is 974 g/mol. The summed E-state index contributed by atoms with van der Waals surface area (Å²) in [6, 6.07) is 10.6. The summed E-state index contributed by atoms with van der Waals surface area (Å²) < 4.78 is 55.8. The van der Waals surface area contributed by atoms with Crippen molar-refractivity contribution in [2.45, 2.75) is 80.4 Å². The molecule has 3 aliphatic heterocycles. The number of hydrogen-bond donors (Lipinski definition) is 10. The van der Waals surface area contributed by atoms with Gasteiger partial charge in [-0.05, 0) is 42.0 Å². The van der Waals surface area contributed by atoms with E-state index in [0.29, 0.717) is 5.56 Å². The fourth-order valence-electron chi connectivity index (χ4n) is 7.04. The number of aromatic hydroxyl groups is 3. The van der Waals surface area contributed by atoms with E-state index in [1.54, 1.807) is 0 Å². The zero-order valence-corrected chi connectivity index (χ0v) is 36.1. The van der Waals surface area contributed by atoms with E-state index in [2.05, 4.69) is 0 Å². The summed E-state index contributed by atoms with van der Waals surface area (Å²) in [5.41, 5.74) is 0.530. The van der Waals surface area contributed by atoms with E-state index >= 15 is 0 Å². The van der Waals surface area contributed by atoms with Crippen molar-refractivity contribution in [3.05, 3.63) is 77.1 Å². The van der Waals surface area contributed by atoms with Crippen molar-refractivity contribution < 1.29 is 122 Å². The van der Waals surface area contributed by atoms with E-state index in [1.165, 1.54) is 62.8 Å². The molecule has 0 spiro atoms. The average molecular weight is 975 g/mol. The summed E-state index contributed by atoms with van der Waals surface area (Å²) >= 11 is 0. The predicted molar refractivity (Wildman–Crippen MR) is 223 cm³/mol. The van der Waals surface area contributed by atoms with Crippen molar-refractivity contribution in [3.8, 4) is 40.2 Å². The SMILES string of the molecule is COc1cc(C2Oc3cc(O)cc(OC4OC(COC(=O)CC(=O)O)C(OC(=O)CC(=O)O)C(O)C4O)c3C=C2OC2OC(COC(=O)C=Cc3ccc(O)cc3)C(O)C(O)C2O)cc(OC)c1O. The molecule has 0 aliphatic carbocycles. The number of carboxylic acid groups (broad SMARTS) is 2. The second-order valence-electron chi connectivity index (χ2n) is 15.3.